The summed E-state index contributed by atoms with van der Waals surface area (Å²) in [5.41, 5.74) is 0.533. The molecule has 1 amide bonds. The van der Waals surface area contributed by atoms with Crippen LogP contribution in [0.3, 0.4) is 0 Å². The van der Waals surface area contributed by atoms with Crippen LogP contribution in [0.4, 0.5) is 0 Å². The minimum atomic E-state index is -0.511. The molecule has 0 saturated carbocycles. The van der Waals surface area contributed by atoms with Crippen molar-refractivity contribution in [3.8, 4) is 0 Å². The summed E-state index contributed by atoms with van der Waals surface area (Å²) in [5.74, 6) is -0.511. The van der Waals surface area contributed by atoms with Crippen molar-refractivity contribution in [1.82, 2.24) is 10.0 Å². The Morgan fingerprint density at radius 2 is 2.25 bits per heavy atom. The van der Waals surface area contributed by atoms with Crippen LogP contribution in [0.15, 0.2) is 30.0 Å². The predicted molar refractivity (Wildman–Crippen MR) is 58.1 cm³/mol. The standard InChI is InChI=1S/C11H12N2O3/c1-13(16-2)11(15)9(8-14)7-10-5-3-4-6-12-10/h3-8H,1-2H3. The van der Waals surface area contributed by atoms with Crippen LogP contribution in [-0.4, -0.2) is 36.4 Å². The Bertz CT molecular complexity index is 401. The largest absolute Gasteiger partial charge is 0.298 e. The maximum absolute atomic E-state index is 11.6. The third-order valence-electron chi connectivity index (χ3n) is 1.92. The van der Waals surface area contributed by atoms with Crippen LogP contribution in [0.1, 0.15) is 5.69 Å². The van der Waals surface area contributed by atoms with Gasteiger partial charge in [0.2, 0.25) is 0 Å². The fraction of sp³-hybridized carbons (Fsp3) is 0.182. The molecule has 0 fully saturated rings. The van der Waals surface area contributed by atoms with Gasteiger partial charge < -0.3 is 0 Å². The molecule has 84 valence electrons. The number of amides is 1. The molecular weight excluding hydrogens is 208 g/mol. The van der Waals surface area contributed by atoms with Crippen molar-refractivity contribution in [3.63, 3.8) is 0 Å². The summed E-state index contributed by atoms with van der Waals surface area (Å²) in [6, 6.07) is 5.22. The fourth-order valence-corrected chi connectivity index (χ4v) is 1.03. The number of nitrogens with zero attached hydrogens (tertiary/aromatic N) is 2. The number of hydrogen-bond donors (Lipinski definition) is 0. The van der Waals surface area contributed by atoms with Crippen LogP contribution in [0.25, 0.3) is 6.08 Å². The maximum Gasteiger partial charge on any atom is 0.280 e. The van der Waals surface area contributed by atoms with Crippen LogP contribution < -0.4 is 0 Å². The number of carbonyl (C=O) groups excluding carboxylic acids is 2. The quantitative estimate of drug-likeness (QED) is 0.246. The Hall–Kier alpha value is -2.01. The Labute approximate surface area is 93.3 Å². The van der Waals surface area contributed by atoms with Crippen LogP contribution in [-0.2, 0) is 14.4 Å². The molecule has 0 aliphatic carbocycles. The van der Waals surface area contributed by atoms with Gasteiger partial charge in [-0.25, -0.2) is 5.06 Å². The lowest BCUT2D eigenvalue weighted by Crippen LogP contribution is -2.27. The second kappa shape index (κ2) is 5.77. The minimum Gasteiger partial charge on any atom is -0.298 e. The molecule has 16 heavy (non-hydrogen) atoms. The third kappa shape index (κ3) is 2.99. The highest BCUT2D eigenvalue weighted by molar-refractivity contribution is 6.13. The monoisotopic (exact) mass is 220 g/mol. The van der Waals surface area contributed by atoms with Gasteiger partial charge in [0.1, 0.15) is 0 Å². The van der Waals surface area contributed by atoms with Gasteiger partial charge in [0.05, 0.1) is 18.4 Å². The van der Waals surface area contributed by atoms with E-state index >= 15 is 0 Å². The Morgan fingerprint density at radius 3 is 2.75 bits per heavy atom. The van der Waals surface area contributed by atoms with Gasteiger partial charge >= 0.3 is 0 Å². The summed E-state index contributed by atoms with van der Waals surface area (Å²) in [7, 11) is 2.78. The summed E-state index contributed by atoms with van der Waals surface area (Å²) in [6.07, 6.45) is 3.47. The normalized spacial score (nSPS) is 11.0. The predicted octanol–water partition coefficient (Wildman–Crippen LogP) is 0.684. The van der Waals surface area contributed by atoms with E-state index in [0.717, 1.165) is 5.06 Å². The van der Waals surface area contributed by atoms with E-state index in [1.165, 1.54) is 20.2 Å². The average Bonchev–Trinajstić information content (AvgIpc) is 2.35. The lowest BCUT2D eigenvalue weighted by atomic mass is 10.2. The molecule has 1 rings (SSSR count). The molecular formula is C11H12N2O3. The highest BCUT2D eigenvalue weighted by Gasteiger charge is 2.13. The topological polar surface area (TPSA) is 59.5 Å². The number of pyridine rings is 1. The zero-order valence-corrected chi connectivity index (χ0v) is 9.08. The number of aldehydes is 1. The van der Waals surface area contributed by atoms with Crippen LogP contribution in [0.5, 0.6) is 0 Å². The molecule has 0 aromatic carbocycles. The smallest absolute Gasteiger partial charge is 0.280 e. The first-order chi connectivity index (χ1) is 7.69. The van der Waals surface area contributed by atoms with Gasteiger partial charge in [0.15, 0.2) is 6.29 Å². The number of hydrogen-bond acceptors (Lipinski definition) is 4. The van der Waals surface area contributed by atoms with E-state index in [1.807, 2.05) is 0 Å². The number of likely N-dealkylation sites (N-methyl/N-ethyl adjacent to an activating group) is 1. The van der Waals surface area contributed by atoms with E-state index in [9.17, 15) is 9.59 Å². The second-order valence-electron chi connectivity index (χ2n) is 2.96. The molecule has 0 radical (unpaired) electrons. The molecule has 0 N–H and O–H groups in total. The number of aromatic nitrogens is 1. The SMILES string of the molecule is CON(C)C(=O)C(C=O)=Cc1ccccn1. The Morgan fingerprint density at radius 1 is 1.50 bits per heavy atom. The number of rotatable bonds is 4. The van der Waals surface area contributed by atoms with Crippen molar-refractivity contribution in [3.05, 3.63) is 35.7 Å². The van der Waals surface area contributed by atoms with Crippen molar-refractivity contribution >= 4 is 18.3 Å². The van der Waals surface area contributed by atoms with E-state index in [2.05, 4.69) is 4.98 Å². The van der Waals surface area contributed by atoms with Gasteiger partial charge in [0.25, 0.3) is 5.91 Å². The van der Waals surface area contributed by atoms with Crippen LogP contribution in [0.2, 0.25) is 0 Å². The molecule has 0 aliphatic rings. The van der Waals surface area contributed by atoms with Gasteiger partial charge in [-0.05, 0) is 18.2 Å². The first kappa shape index (κ1) is 12.1. The minimum absolute atomic E-state index is 0.0111. The summed E-state index contributed by atoms with van der Waals surface area (Å²) in [6.45, 7) is 0. The van der Waals surface area contributed by atoms with E-state index in [0.29, 0.717) is 12.0 Å². The third-order valence-corrected chi connectivity index (χ3v) is 1.92. The second-order valence-corrected chi connectivity index (χ2v) is 2.96. The van der Waals surface area contributed by atoms with Gasteiger partial charge in [-0.15, -0.1) is 0 Å². The van der Waals surface area contributed by atoms with E-state index < -0.39 is 5.91 Å². The Balaban J connectivity index is 2.95. The van der Waals surface area contributed by atoms with E-state index in [4.69, 9.17) is 4.84 Å². The zero-order chi connectivity index (χ0) is 12.0. The van der Waals surface area contributed by atoms with Crippen molar-refractivity contribution in [2.45, 2.75) is 0 Å². The van der Waals surface area contributed by atoms with E-state index in [1.54, 1.807) is 24.4 Å². The number of hydroxylamine groups is 2. The molecule has 0 unspecified atom stereocenters. The molecule has 5 heteroatoms. The lowest BCUT2D eigenvalue weighted by molar-refractivity contribution is -0.163. The van der Waals surface area contributed by atoms with Gasteiger partial charge in [-0.1, -0.05) is 6.07 Å². The summed E-state index contributed by atoms with van der Waals surface area (Å²) < 4.78 is 0. The summed E-state index contributed by atoms with van der Waals surface area (Å²) in [5, 5.41) is 0.975. The molecule has 0 spiro atoms. The van der Waals surface area contributed by atoms with Gasteiger partial charge in [0, 0.05) is 13.2 Å². The molecule has 0 saturated heterocycles. The van der Waals surface area contributed by atoms with E-state index in [-0.39, 0.29) is 5.57 Å². The van der Waals surface area contributed by atoms with Crippen molar-refractivity contribution in [2.75, 3.05) is 14.2 Å². The lowest BCUT2D eigenvalue weighted by Gasteiger charge is -2.12. The average molecular weight is 220 g/mol. The van der Waals surface area contributed by atoms with Crippen LogP contribution >= 0.6 is 0 Å². The van der Waals surface area contributed by atoms with Gasteiger partial charge in [-0.3, -0.25) is 19.4 Å². The highest BCUT2D eigenvalue weighted by Crippen LogP contribution is 2.04. The summed E-state index contributed by atoms with van der Waals surface area (Å²) in [4.78, 5) is 31.0. The first-order valence-corrected chi connectivity index (χ1v) is 4.59. The molecule has 0 atom stereocenters. The molecule has 5 nitrogen and oxygen atoms in total. The fourth-order valence-electron chi connectivity index (χ4n) is 1.03. The zero-order valence-electron chi connectivity index (χ0n) is 9.08. The Kier molecular flexibility index (Phi) is 4.35. The highest BCUT2D eigenvalue weighted by atomic mass is 16.7. The van der Waals surface area contributed by atoms with Crippen molar-refractivity contribution < 1.29 is 14.4 Å². The maximum atomic E-state index is 11.6. The first-order valence-electron chi connectivity index (χ1n) is 4.59. The molecule has 1 aromatic heterocycles. The van der Waals surface area contributed by atoms with Crippen LogP contribution in [0, 0.1) is 0 Å². The van der Waals surface area contributed by atoms with Gasteiger partial charge in [-0.2, -0.15) is 0 Å². The van der Waals surface area contributed by atoms with Crippen molar-refractivity contribution in [1.29, 1.82) is 0 Å². The van der Waals surface area contributed by atoms with Crippen molar-refractivity contribution in [2.24, 2.45) is 0 Å². The molecule has 1 aromatic rings. The molecule has 0 aliphatic heterocycles. The molecule has 0 bridgehead atoms. The molecule has 1 heterocycles. The number of carbonyl (C=O) groups is 2. The summed E-state index contributed by atoms with van der Waals surface area (Å²) >= 11 is 0.